The zero-order valence-corrected chi connectivity index (χ0v) is 14.3. The molecular weight excluding hydrogens is 407 g/mol. The Labute approximate surface area is 150 Å². The van der Waals surface area contributed by atoms with E-state index in [1.807, 2.05) is 0 Å². The van der Waals surface area contributed by atoms with E-state index in [0.29, 0.717) is 4.90 Å². The summed E-state index contributed by atoms with van der Waals surface area (Å²) in [5.41, 5.74) is 0.257. The summed E-state index contributed by atoms with van der Waals surface area (Å²) in [5, 5.41) is 3.59. The van der Waals surface area contributed by atoms with Crippen LogP contribution in [0.2, 0.25) is 0 Å². The molecule has 0 aliphatic heterocycles. The fourth-order valence-corrected chi connectivity index (χ4v) is 2.81. The Morgan fingerprint density at radius 1 is 1.11 bits per heavy atom. The molecule has 0 spiro atoms. The second-order valence-corrected chi connectivity index (χ2v) is 6.85. The minimum atomic E-state index is -6.45. The minimum absolute atomic E-state index is 0.257. The van der Waals surface area contributed by atoms with Crippen molar-refractivity contribution in [2.45, 2.75) is 29.8 Å². The molecule has 0 saturated carbocycles. The number of nitrogens with zero attached hydrogens (tertiary/aromatic N) is 3. The van der Waals surface area contributed by atoms with Crippen molar-refractivity contribution < 1.29 is 39.7 Å². The number of ether oxygens (including phenoxy) is 1. The van der Waals surface area contributed by atoms with Crippen molar-refractivity contribution in [3.63, 3.8) is 0 Å². The van der Waals surface area contributed by atoms with Gasteiger partial charge in [0.25, 0.3) is 0 Å². The van der Waals surface area contributed by atoms with Gasteiger partial charge in [0, 0.05) is 5.75 Å². The molecule has 0 N–H and O–H groups in total. The molecule has 2 aromatic rings. The molecule has 1 unspecified atom stereocenters. The molecule has 5 nitrogen and oxygen atoms in total. The van der Waals surface area contributed by atoms with E-state index in [-0.39, 0.29) is 11.4 Å². The van der Waals surface area contributed by atoms with Gasteiger partial charge < -0.3 is 4.74 Å². The summed E-state index contributed by atoms with van der Waals surface area (Å²) in [6, 6.07) is 5.32. The van der Waals surface area contributed by atoms with Crippen molar-refractivity contribution >= 4 is 10.8 Å². The van der Waals surface area contributed by atoms with E-state index in [4.69, 9.17) is 0 Å². The Balaban J connectivity index is 2.20. The van der Waals surface area contributed by atoms with E-state index < -0.39 is 41.4 Å². The quantitative estimate of drug-likeness (QED) is 0.644. The van der Waals surface area contributed by atoms with Gasteiger partial charge in [-0.25, -0.2) is 4.68 Å². The van der Waals surface area contributed by atoms with E-state index in [1.165, 1.54) is 12.1 Å². The number of halogens is 7. The number of benzene rings is 1. The molecule has 0 amide bonds. The summed E-state index contributed by atoms with van der Waals surface area (Å²) in [6.07, 6.45) is -5.49. The van der Waals surface area contributed by atoms with Crippen LogP contribution in [0.15, 0.2) is 35.5 Å². The summed E-state index contributed by atoms with van der Waals surface area (Å²) in [6.45, 7) is -0.627. The topological polar surface area (TPSA) is 57.0 Å². The van der Waals surface area contributed by atoms with Crippen molar-refractivity contribution in [2.75, 3.05) is 12.4 Å². The molecule has 0 aliphatic rings. The molecule has 2 rings (SSSR count). The molecule has 150 valence electrons. The highest BCUT2D eigenvalue weighted by Gasteiger charge is 2.73. The zero-order valence-electron chi connectivity index (χ0n) is 13.5. The first-order valence-corrected chi connectivity index (χ1v) is 8.57. The molecule has 1 aromatic heterocycles. The minimum Gasteiger partial charge on any atom is -0.456 e. The third-order valence-electron chi connectivity index (χ3n) is 3.29. The van der Waals surface area contributed by atoms with Crippen LogP contribution < -0.4 is 4.74 Å². The van der Waals surface area contributed by atoms with Crippen LogP contribution in [0.1, 0.15) is 6.92 Å². The third kappa shape index (κ3) is 4.22. The van der Waals surface area contributed by atoms with Gasteiger partial charge in [-0.05, 0) is 12.1 Å². The lowest BCUT2D eigenvalue weighted by molar-refractivity contribution is -0.358. The molecule has 1 heterocycles. The van der Waals surface area contributed by atoms with Gasteiger partial charge in [-0.15, -0.1) is 5.10 Å². The SMILES string of the molecule is CCS(=O)c1ccccc1-n1cnc(OCC(F)(F)C(F)(F)C(F)(F)F)n1. The maximum absolute atomic E-state index is 13.2. The molecule has 1 atom stereocenters. The highest BCUT2D eigenvalue weighted by atomic mass is 32.2. The van der Waals surface area contributed by atoms with Crippen LogP contribution in [0.25, 0.3) is 5.69 Å². The molecule has 13 heteroatoms. The van der Waals surface area contributed by atoms with Gasteiger partial charge in [-0.2, -0.15) is 35.7 Å². The summed E-state index contributed by atoms with van der Waals surface area (Å²) in [4.78, 5) is 3.78. The Morgan fingerprint density at radius 2 is 1.74 bits per heavy atom. The molecule has 0 aliphatic carbocycles. The third-order valence-corrected chi connectivity index (χ3v) is 4.65. The first-order chi connectivity index (χ1) is 12.4. The summed E-state index contributed by atoms with van der Waals surface area (Å²) >= 11 is 0. The Bertz CT molecular complexity index is 823. The van der Waals surface area contributed by atoms with E-state index >= 15 is 0 Å². The number of aromatic nitrogens is 3. The first-order valence-electron chi connectivity index (χ1n) is 7.25. The summed E-state index contributed by atoms with van der Waals surface area (Å²) in [7, 11) is -1.41. The lowest BCUT2D eigenvalue weighted by atomic mass is 10.2. The molecule has 27 heavy (non-hydrogen) atoms. The molecular formula is C14H12F7N3O2S. The molecule has 0 saturated heterocycles. The average Bonchev–Trinajstić information content (AvgIpc) is 3.07. The van der Waals surface area contributed by atoms with Gasteiger partial charge in [-0.1, -0.05) is 19.1 Å². The monoisotopic (exact) mass is 419 g/mol. The van der Waals surface area contributed by atoms with Crippen LogP contribution in [-0.4, -0.2) is 49.4 Å². The lowest BCUT2D eigenvalue weighted by Gasteiger charge is -2.27. The van der Waals surface area contributed by atoms with Crippen LogP contribution in [0.5, 0.6) is 6.01 Å². The van der Waals surface area contributed by atoms with E-state index in [2.05, 4.69) is 14.8 Å². The number of para-hydroxylation sites is 1. The maximum atomic E-state index is 13.2. The predicted octanol–water partition coefficient (Wildman–Crippen LogP) is 3.61. The maximum Gasteiger partial charge on any atom is 0.460 e. The number of rotatable bonds is 7. The fourth-order valence-electron chi connectivity index (χ4n) is 1.88. The van der Waals surface area contributed by atoms with Crippen molar-refractivity contribution in [3.8, 4) is 11.7 Å². The van der Waals surface area contributed by atoms with Crippen LogP contribution in [0.4, 0.5) is 30.7 Å². The molecule has 0 fully saturated rings. The summed E-state index contributed by atoms with van der Waals surface area (Å²) in [5.74, 6) is -11.5. The second-order valence-electron chi connectivity index (χ2n) is 5.14. The largest absolute Gasteiger partial charge is 0.460 e. The molecule has 0 radical (unpaired) electrons. The first kappa shape index (κ1) is 21.1. The lowest BCUT2D eigenvalue weighted by Crippen LogP contribution is -2.54. The van der Waals surface area contributed by atoms with Crippen LogP contribution >= 0.6 is 0 Å². The van der Waals surface area contributed by atoms with Crippen molar-refractivity contribution in [2.24, 2.45) is 0 Å². The van der Waals surface area contributed by atoms with Crippen LogP contribution in [-0.2, 0) is 10.8 Å². The highest BCUT2D eigenvalue weighted by molar-refractivity contribution is 7.85. The van der Waals surface area contributed by atoms with Crippen molar-refractivity contribution in [1.29, 1.82) is 0 Å². The highest BCUT2D eigenvalue weighted by Crippen LogP contribution is 2.46. The predicted molar refractivity (Wildman–Crippen MR) is 79.8 cm³/mol. The smallest absolute Gasteiger partial charge is 0.456 e. The van der Waals surface area contributed by atoms with E-state index in [9.17, 15) is 34.9 Å². The van der Waals surface area contributed by atoms with Gasteiger partial charge in [0.2, 0.25) is 0 Å². The molecule has 0 bridgehead atoms. The number of hydrogen-bond donors (Lipinski definition) is 0. The number of hydrogen-bond acceptors (Lipinski definition) is 4. The van der Waals surface area contributed by atoms with Gasteiger partial charge >= 0.3 is 24.0 Å². The van der Waals surface area contributed by atoms with Gasteiger partial charge in [0.1, 0.15) is 6.33 Å². The van der Waals surface area contributed by atoms with Crippen molar-refractivity contribution in [1.82, 2.24) is 14.8 Å². The van der Waals surface area contributed by atoms with E-state index in [1.54, 1.807) is 19.1 Å². The standard InChI is InChI=1S/C14H12F7N3O2S/c1-2-27(25)10-6-4-3-5-9(10)24-8-22-11(23-24)26-7-12(15,16)13(17,18)14(19,20)21/h3-6,8H,2,7H2,1H3. The normalized spacial score (nSPS) is 14.2. The van der Waals surface area contributed by atoms with Gasteiger partial charge in [0.05, 0.1) is 21.4 Å². The second kappa shape index (κ2) is 7.44. The van der Waals surface area contributed by atoms with Crippen LogP contribution in [0, 0.1) is 0 Å². The number of alkyl halides is 7. The van der Waals surface area contributed by atoms with Gasteiger partial charge in [-0.3, -0.25) is 4.21 Å². The van der Waals surface area contributed by atoms with Crippen LogP contribution in [0.3, 0.4) is 0 Å². The average molecular weight is 419 g/mol. The fraction of sp³-hybridized carbons (Fsp3) is 0.429. The Morgan fingerprint density at radius 3 is 2.33 bits per heavy atom. The van der Waals surface area contributed by atoms with Gasteiger partial charge in [0.15, 0.2) is 6.61 Å². The zero-order chi connectivity index (χ0) is 20.5. The molecule has 1 aromatic carbocycles. The van der Waals surface area contributed by atoms with Crippen molar-refractivity contribution in [3.05, 3.63) is 30.6 Å². The summed E-state index contributed by atoms with van der Waals surface area (Å²) < 4.78 is 106. The Kier molecular flexibility index (Phi) is 5.82. The Hall–Kier alpha value is -2.18. The van der Waals surface area contributed by atoms with E-state index in [0.717, 1.165) is 11.0 Å².